The summed E-state index contributed by atoms with van der Waals surface area (Å²) in [7, 11) is -2.23. The second kappa shape index (κ2) is 7.70. The van der Waals surface area contributed by atoms with Crippen molar-refractivity contribution in [3.05, 3.63) is 53.6 Å². The van der Waals surface area contributed by atoms with E-state index in [0.29, 0.717) is 30.8 Å². The van der Waals surface area contributed by atoms with E-state index in [1.807, 2.05) is 32.0 Å². The number of sulfonamides is 1. The number of methoxy groups -OCH3 is 1. The van der Waals surface area contributed by atoms with Crippen LogP contribution in [0.25, 0.3) is 0 Å². The molecule has 6 nitrogen and oxygen atoms in total. The molecule has 0 bridgehead atoms. The number of anilines is 1. The van der Waals surface area contributed by atoms with E-state index >= 15 is 0 Å². The highest BCUT2D eigenvalue weighted by molar-refractivity contribution is 7.89. The lowest BCUT2D eigenvalue weighted by Crippen LogP contribution is -2.43. The second-order valence-electron chi connectivity index (χ2n) is 6.76. The molecule has 1 saturated heterocycles. The highest BCUT2D eigenvalue weighted by Crippen LogP contribution is 2.28. The van der Waals surface area contributed by atoms with Crippen LogP contribution in [0.2, 0.25) is 0 Å². The molecule has 0 aliphatic carbocycles. The van der Waals surface area contributed by atoms with Crippen molar-refractivity contribution >= 4 is 21.6 Å². The monoisotopic (exact) mass is 388 g/mol. The number of carbonyl (C=O) groups excluding carboxylic acids is 1. The van der Waals surface area contributed by atoms with Gasteiger partial charge in [-0.2, -0.15) is 4.31 Å². The summed E-state index contributed by atoms with van der Waals surface area (Å²) in [6.45, 7) is 4.19. The van der Waals surface area contributed by atoms with E-state index in [1.165, 1.54) is 23.5 Å². The molecule has 0 radical (unpaired) electrons. The molecule has 1 heterocycles. The number of carbonyl (C=O) groups is 1. The van der Waals surface area contributed by atoms with Gasteiger partial charge in [0.05, 0.1) is 12.0 Å². The van der Waals surface area contributed by atoms with E-state index in [-0.39, 0.29) is 10.8 Å². The molecule has 27 heavy (non-hydrogen) atoms. The molecule has 1 aliphatic rings. The Hall–Kier alpha value is -2.38. The molecule has 1 amide bonds. The maximum Gasteiger partial charge on any atom is 0.243 e. The summed E-state index contributed by atoms with van der Waals surface area (Å²) < 4.78 is 32.4. The molecule has 1 N–H and O–H groups in total. The summed E-state index contributed by atoms with van der Waals surface area (Å²) in [5.41, 5.74) is 2.69. The van der Waals surface area contributed by atoms with Crippen LogP contribution in [0, 0.1) is 13.8 Å². The van der Waals surface area contributed by atoms with E-state index in [9.17, 15) is 13.2 Å². The average Bonchev–Trinajstić information content (AvgIpc) is 3.15. The Morgan fingerprint density at radius 3 is 2.52 bits per heavy atom. The van der Waals surface area contributed by atoms with Gasteiger partial charge in [0, 0.05) is 12.2 Å². The maximum atomic E-state index is 13.0. The Balaban J connectivity index is 1.83. The Morgan fingerprint density at radius 2 is 1.85 bits per heavy atom. The first kappa shape index (κ1) is 19.4. The van der Waals surface area contributed by atoms with E-state index in [0.717, 1.165) is 11.1 Å². The van der Waals surface area contributed by atoms with Gasteiger partial charge in [-0.05, 0) is 68.1 Å². The molecule has 1 atom stereocenters. The van der Waals surface area contributed by atoms with Gasteiger partial charge in [-0.25, -0.2) is 8.42 Å². The predicted octanol–water partition coefficient (Wildman–Crippen LogP) is 3.10. The number of hydrogen-bond acceptors (Lipinski definition) is 4. The van der Waals surface area contributed by atoms with Crippen molar-refractivity contribution < 1.29 is 17.9 Å². The summed E-state index contributed by atoms with van der Waals surface area (Å²) in [6.07, 6.45) is 1.16. The maximum absolute atomic E-state index is 13.0. The average molecular weight is 388 g/mol. The molecular formula is C20H24N2O4S. The molecule has 0 unspecified atom stereocenters. The molecule has 1 aliphatic heterocycles. The lowest BCUT2D eigenvalue weighted by molar-refractivity contribution is -0.119. The first-order valence-corrected chi connectivity index (χ1v) is 10.3. The van der Waals surface area contributed by atoms with Gasteiger partial charge >= 0.3 is 0 Å². The fourth-order valence-corrected chi connectivity index (χ4v) is 4.92. The molecule has 2 aromatic rings. The van der Waals surface area contributed by atoms with Crippen LogP contribution in [0.15, 0.2) is 47.4 Å². The highest BCUT2D eigenvalue weighted by atomic mass is 32.2. The Kier molecular flexibility index (Phi) is 5.53. The third-order valence-electron chi connectivity index (χ3n) is 4.82. The van der Waals surface area contributed by atoms with Crippen LogP contribution < -0.4 is 10.1 Å². The predicted molar refractivity (Wildman–Crippen MR) is 104 cm³/mol. The summed E-state index contributed by atoms with van der Waals surface area (Å²) in [5.74, 6) is 0.290. The number of hydrogen-bond donors (Lipinski definition) is 1. The summed E-state index contributed by atoms with van der Waals surface area (Å²) in [4.78, 5) is 13.0. The number of benzene rings is 2. The number of amides is 1. The molecule has 0 aromatic heterocycles. The van der Waals surface area contributed by atoms with Crippen LogP contribution in [0.5, 0.6) is 5.75 Å². The van der Waals surface area contributed by atoms with Crippen molar-refractivity contribution in [3.63, 3.8) is 0 Å². The molecule has 144 valence electrons. The van der Waals surface area contributed by atoms with Crippen LogP contribution in [-0.2, 0) is 14.8 Å². The quantitative estimate of drug-likeness (QED) is 0.854. The van der Waals surface area contributed by atoms with Crippen LogP contribution in [0.4, 0.5) is 5.69 Å². The molecule has 3 rings (SSSR count). The smallest absolute Gasteiger partial charge is 0.243 e. The molecule has 0 saturated carbocycles. The standard InChI is InChI=1S/C20H24N2O4S/c1-14-6-7-15(2)18(13-14)21-20(23)19-5-4-12-22(19)27(24,25)17-10-8-16(26-3)9-11-17/h6-11,13,19H,4-5,12H2,1-3H3,(H,21,23)/t19-/m0/s1. The second-order valence-corrected chi connectivity index (χ2v) is 8.65. The molecule has 0 spiro atoms. The number of nitrogens with zero attached hydrogens (tertiary/aromatic N) is 1. The molecule has 1 fully saturated rings. The van der Waals surface area contributed by atoms with E-state index in [2.05, 4.69) is 5.32 Å². The zero-order chi connectivity index (χ0) is 19.6. The van der Waals surface area contributed by atoms with Crippen molar-refractivity contribution in [2.75, 3.05) is 19.0 Å². The van der Waals surface area contributed by atoms with Gasteiger partial charge < -0.3 is 10.1 Å². The van der Waals surface area contributed by atoms with Crippen LogP contribution in [0.3, 0.4) is 0 Å². The van der Waals surface area contributed by atoms with E-state index < -0.39 is 16.1 Å². The largest absolute Gasteiger partial charge is 0.497 e. The Bertz CT molecular complexity index is 939. The zero-order valence-electron chi connectivity index (χ0n) is 15.7. The van der Waals surface area contributed by atoms with Gasteiger partial charge in [-0.3, -0.25) is 4.79 Å². The van der Waals surface area contributed by atoms with Crippen molar-refractivity contribution in [2.45, 2.75) is 37.6 Å². The third kappa shape index (κ3) is 3.99. The number of ether oxygens (including phenoxy) is 1. The lowest BCUT2D eigenvalue weighted by Gasteiger charge is -2.24. The van der Waals surface area contributed by atoms with Crippen LogP contribution in [0.1, 0.15) is 24.0 Å². The molecule has 7 heteroatoms. The van der Waals surface area contributed by atoms with Gasteiger partial charge in [-0.1, -0.05) is 12.1 Å². The Labute approximate surface area is 160 Å². The third-order valence-corrected chi connectivity index (χ3v) is 6.75. The van der Waals surface area contributed by atoms with Crippen molar-refractivity contribution in [1.82, 2.24) is 4.31 Å². The van der Waals surface area contributed by atoms with Crippen LogP contribution in [-0.4, -0.2) is 38.3 Å². The number of rotatable bonds is 5. The fourth-order valence-electron chi connectivity index (χ4n) is 3.26. The normalized spacial score (nSPS) is 17.7. The molecular weight excluding hydrogens is 364 g/mol. The van der Waals surface area contributed by atoms with Gasteiger partial charge in [0.2, 0.25) is 15.9 Å². The van der Waals surface area contributed by atoms with Crippen molar-refractivity contribution in [1.29, 1.82) is 0 Å². The first-order chi connectivity index (χ1) is 12.8. The minimum atomic E-state index is -3.75. The SMILES string of the molecule is COc1ccc(S(=O)(=O)N2CCC[C@H]2C(=O)Nc2cc(C)ccc2C)cc1. The van der Waals surface area contributed by atoms with Crippen molar-refractivity contribution in [3.8, 4) is 5.75 Å². The Morgan fingerprint density at radius 1 is 1.15 bits per heavy atom. The van der Waals surface area contributed by atoms with Gasteiger partial charge in [0.25, 0.3) is 0 Å². The first-order valence-electron chi connectivity index (χ1n) is 8.87. The topological polar surface area (TPSA) is 75.7 Å². The summed E-state index contributed by atoms with van der Waals surface area (Å²) in [5, 5.41) is 2.90. The summed E-state index contributed by atoms with van der Waals surface area (Å²) in [6, 6.07) is 11.3. The fraction of sp³-hybridized carbons (Fsp3) is 0.350. The molecule has 2 aromatic carbocycles. The zero-order valence-corrected chi connectivity index (χ0v) is 16.5. The number of nitrogens with one attached hydrogen (secondary N) is 1. The summed E-state index contributed by atoms with van der Waals surface area (Å²) >= 11 is 0. The van der Waals surface area contributed by atoms with Gasteiger partial charge in [0.1, 0.15) is 11.8 Å². The number of aryl methyl sites for hydroxylation is 2. The minimum absolute atomic E-state index is 0.162. The van der Waals surface area contributed by atoms with Gasteiger partial charge in [-0.15, -0.1) is 0 Å². The van der Waals surface area contributed by atoms with Gasteiger partial charge in [0.15, 0.2) is 0 Å². The minimum Gasteiger partial charge on any atom is -0.497 e. The van der Waals surface area contributed by atoms with Crippen molar-refractivity contribution in [2.24, 2.45) is 0 Å². The van der Waals surface area contributed by atoms with Crippen LogP contribution >= 0.6 is 0 Å². The highest BCUT2D eigenvalue weighted by Gasteiger charge is 2.39. The lowest BCUT2D eigenvalue weighted by atomic mass is 10.1. The van der Waals surface area contributed by atoms with E-state index in [1.54, 1.807) is 12.1 Å². The van der Waals surface area contributed by atoms with E-state index in [4.69, 9.17) is 4.74 Å².